The third kappa shape index (κ3) is 3.34. The molecule has 0 saturated heterocycles. The topological polar surface area (TPSA) is 67.4 Å². The van der Waals surface area contributed by atoms with Crippen LogP contribution in [0.2, 0.25) is 0 Å². The van der Waals surface area contributed by atoms with E-state index in [0.29, 0.717) is 11.4 Å². The molecule has 0 bridgehead atoms. The Balaban J connectivity index is 1.67. The number of aryl methyl sites for hydroxylation is 2. The predicted molar refractivity (Wildman–Crippen MR) is 88.7 cm³/mol. The van der Waals surface area contributed by atoms with E-state index in [9.17, 15) is 9.59 Å². The smallest absolute Gasteiger partial charge is 0.266 e. The summed E-state index contributed by atoms with van der Waals surface area (Å²) in [4.78, 5) is 24.2. The van der Waals surface area contributed by atoms with Gasteiger partial charge in [-0.15, -0.1) is 0 Å². The van der Waals surface area contributed by atoms with E-state index < -0.39 is 6.10 Å². The van der Waals surface area contributed by atoms with Crippen molar-refractivity contribution in [2.75, 3.05) is 10.6 Å². The van der Waals surface area contributed by atoms with Gasteiger partial charge in [-0.2, -0.15) is 0 Å². The van der Waals surface area contributed by atoms with Crippen LogP contribution in [0.5, 0.6) is 5.75 Å². The Kier molecular flexibility index (Phi) is 4.02. The van der Waals surface area contributed by atoms with Crippen LogP contribution in [0.15, 0.2) is 42.5 Å². The van der Waals surface area contributed by atoms with Crippen molar-refractivity contribution < 1.29 is 14.3 Å². The number of ether oxygens (including phenoxy) is 1. The van der Waals surface area contributed by atoms with Crippen LogP contribution >= 0.6 is 0 Å². The maximum atomic E-state index is 12.2. The number of rotatable bonds is 3. The summed E-state index contributed by atoms with van der Waals surface area (Å²) in [6.45, 7) is 3.93. The average Bonchev–Trinajstić information content (AvgIpc) is 2.51. The van der Waals surface area contributed by atoms with Gasteiger partial charge in [-0.3, -0.25) is 9.59 Å². The molecule has 118 valence electrons. The first-order valence-corrected chi connectivity index (χ1v) is 7.46. The highest BCUT2D eigenvalue weighted by molar-refractivity contribution is 6.02. The molecular formula is C18H18N2O3. The number of benzene rings is 2. The van der Waals surface area contributed by atoms with Crippen molar-refractivity contribution in [2.45, 2.75) is 26.4 Å². The number of para-hydroxylation sites is 2. The van der Waals surface area contributed by atoms with Gasteiger partial charge in [-0.1, -0.05) is 29.8 Å². The van der Waals surface area contributed by atoms with Gasteiger partial charge < -0.3 is 15.4 Å². The van der Waals surface area contributed by atoms with Gasteiger partial charge in [-0.25, -0.2) is 0 Å². The fourth-order valence-electron chi connectivity index (χ4n) is 2.55. The summed E-state index contributed by atoms with van der Waals surface area (Å²) in [7, 11) is 0. The molecule has 0 spiro atoms. The second kappa shape index (κ2) is 6.12. The molecule has 0 unspecified atom stereocenters. The molecule has 3 rings (SSSR count). The van der Waals surface area contributed by atoms with Crippen LogP contribution in [-0.4, -0.2) is 17.9 Å². The molecule has 1 heterocycles. The minimum atomic E-state index is -0.823. The lowest BCUT2D eigenvalue weighted by atomic mass is 10.1. The Labute approximate surface area is 134 Å². The third-order valence-electron chi connectivity index (χ3n) is 3.73. The van der Waals surface area contributed by atoms with Gasteiger partial charge in [0.15, 0.2) is 6.10 Å². The summed E-state index contributed by atoms with van der Waals surface area (Å²) in [5, 5.41) is 5.58. The Morgan fingerprint density at radius 1 is 1.22 bits per heavy atom. The zero-order valence-corrected chi connectivity index (χ0v) is 13.1. The van der Waals surface area contributed by atoms with Crippen LogP contribution in [0.1, 0.15) is 17.5 Å². The van der Waals surface area contributed by atoms with Crippen LogP contribution < -0.4 is 15.4 Å². The van der Waals surface area contributed by atoms with Gasteiger partial charge in [0.2, 0.25) is 5.91 Å². The monoisotopic (exact) mass is 310 g/mol. The summed E-state index contributed by atoms with van der Waals surface area (Å²) < 4.78 is 5.63. The highest BCUT2D eigenvalue weighted by Crippen LogP contribution is 2.29. The zero-order chi connectivity index (χ0) is 16.4. The second-order valence-corrected chi connectivity index (χ2v) is 5.66. The van der Waals surface area contributed by atoms with E-state index in [2.05, 4.69) is 10.6 Å². The van der Waals surface area contributed by atoms with E-state index in [1.807, 2.05) is 44.2 Å². The van der Waals surface area contributed by atoms with E-state index in [4.69, 9.17) is 4.74 Å². The van der Waals surface area contributed by atoms with Crippen molar-refractivity contribution in [3.8, 4) is 5.75 Å². The Morgan fingerprint density at radius 3 is 2.78 bits per heavy atom. The molecule has 5 heteroatoms. The molecule has 0 fully saturated rings. The van der Waals surface area contributed by atoms with E-state index in [0.717, 1.165) is 16.8 Å². The average molecular weight is 310 g/mol. The van der Waals surface area contributed by atoms with Crippen LogP contribution in [-0.2, 0) is 9.59 Å². The van der Waals surface area contributed by atoms with Crippen molar-refractivity contribution in [1.82, 2.24) is 0 Å². The highest BCUT2D eigenvalue weighted by atomic mass is 16.5. The molecule has 1 aliphatic rings. The molecule has 0 aromatic heterocycles. The summed E-state index contributed by atoms with van der Waals surface area (Å²) >= 11 is 0. The molecule has 2 aromatic carbocycles. The number of amides is 2. The normalized spacial score (nSPS) is 16.1. The molecule has 2 aromatic rings. The maximum Gasteiger partial charge on any atom is 0.266 e. The first-order chi connectivity index (χ1) is 11.0. The Morgan fingerprint density at radius 2 is 2.00 bits per heavy atom. The third-order valence-corrected chi connectivity index (χ3v) is 3.73. The van der Waals surface area contributed by atoms with Crippen molar-refractivity contribution in [2.24, 2.45) is 0 Å². The largest absolute Gasteiger partial charge is 0.478 e. The first-order valence-electron chi connectivity index (χ1n) is 7.46. The Hall–Kier alpha value is -2.82. The van der Waals surface area contributed by atoms with Gasteiger partial charge in [0.25, 0.3) is 5.91 Å². The van der Waals surface area contributed by atoms with E-state index in [-0.39, 0.29) is 18.2 Å². The molecule has 0 aliphatic carbocycles. The lowest BCUT2D eigenvalue weighted by molar-refractivity contribution is -0.128. The molecule has 1 aliphatic heterocycles. The standard InChI is InChI=1S/C18H18N2O3/c1-11-7-8-13(12(2)9-11)19-17(21)10-16-18(22)20-14-5-3-4-6-15(14)23-16/h3-9,16H,10H2,1-2H3,(H,19,21)(H,20,22)/t16-/m1/s1. The van der Waals surface area contributed by atoms with Gasteiger partial charge >= 0.3 is 0 Å². The van der Waals surface area contributed by atoms with Crippen LogP contribution in [0.25, 0.3) is 0 Å². The molecule has 0 radical (unpaired) electrons. The molecule has 1 atom stereocenters. The molecule has 0 saturated carbocycles. The number of carbonyl (C=O) groups excluding carboxylic acids is 2. The lowest BCUT2D eigenvalue weighted by Gasteiger charge is -2.25. The predicted octanol–water partition coefficient (Wildman–Crippen LogP) is 3.03. The maximum absolute atomic E-state index is 12.2. The van der Waals surface area contributed by atoms with Crippen molar-refractivity contribution in [1.29, 1.82) is 0 Å². The van der Waals surface area contributed by atoms with Crippen molar-refractivity contribution in [3.05, 3.63) is 53.6 Å². The van der Waals surface area contributed by atoms with E-state index in [1.54, 1.807) is 12.1 Å². The summed E-state index contributed by atoms with van der Waals surface area (Å²) in [5.74, 6) is 0.0207. The zero-order valence-electron chi connectivity index (χ0n) is 13.1. The molecule has 2 amide bonds. The number of hydrogen-bond donors (Lipinski definition) is 2. The van der Waals surface area contributed by atoms with Crippen LogP contribution in [0.3, 0.4) is 0 Å². The highest BCUT2D eigenvalue weighted by Gasteiger charge is 2.29. The number of anilines is 2. The molecule has 5 nitrogen and oxygen atoms in total. The SMILES string of the molecule is Cc1ccc(NC(=O)C[C@H]2Oc3ccccc3NC2=O)c(C)c1. The number of hydrogen-bond acceptors (Lipinski definition) is 3. The molecule has 23 heavy (non-hydrogen) atoms. The Bertz CT molecular complexity index is 771. The summed E-state index contributed by atoms with van der Waals surface area (Å²) in [6.07, 6.45) is -0.858. The minimum Gasteiger partial charge on any atom is -0.478 e. The minimum absolute atomic E-state index is 0.0342. The van der Waals surface area contributed by atoms with Gasteiger partial charge in [0.1, 0.15) is 5.75 Å². The summed E-state index contributed by atoms with van der Waals surface area (Å²) in [5.41, 5.74) is 3.49. The van der Waals surface area contributed by atoms with E-state index in [1.165, 1.54) is 0 Å². The molecule has 2 N–H and O–H groups in total. The molecular weight excluding hydrogens is 292 g/mol. The van der Waals surface area contributed by atoms with Gasteiger partial charge in [0, 0.05) is 5.69 Å². The second-order valence-electron chi connectivity index (χ2n) is 5.66. The quantitative estimate of drug-likeness (QED) is 0.915. The van der Waals surface area contributed by atoms with Gasteiger partial charge in [0.05, 0.1) is 12.1 Å². The number of fused-ring (bicyclic) bond motifs is 1. The van der Waals surface area contributed by atoms with Crippen LogP contribution in [0, 0.1) is 13.8 Å². The van der Waals surface area contributed by atoms with Crippen LogP contribution in [0.4, 0.5) is 11.4 Å². The summed E-state index contributed by atoms with van der Waals surface area (Å²) in [6, 6.07) is 13.0. The number of carbonyl (C=O) groups is 2. The fraction of sp³-hybridized carbons (Fsp3) is 0.222. The van der Waals surface area contributed by atoms with E-state index >= 15 is 0 Å². The number of nitrogens with one attached hydrogen (secondary N) is 2. The fourth-order valence-corrected chi connectivity index (χ4v) is 2.55. The van der Waals surface area contributed by atoms with Gasteiger partial charge in [-0.05, 0) is 37.6 Å². The van der Waals surface area contributed by atoms with Crippen molar-refractivity contribution >= 4 is 23.2 Å². The van der Waals surface area contributed by atoms with Crippen molar-refractivity contribution in [3.63, 3.8) is 0 Å². The lowest BCUT2D eigenvalue weighted by Crippen LogP contribution is -2.39. The first kappa shape index (κ1) is 15.1.